The molecule has 3 aromatic rings. The highest BCUT2D eigenvalue weighted by Gasteiger charge is 2.23. The van der Waals surface area contributed by atoms with Crippen LogP contribution in [0.3, 0.4) is 0 Å². The smallest absolute Gasteiger partial charge is 0.123 e. The van der Waals surface area contributed by atoms with Gasteiger partial charge in [0, 0.05) is 16.2 Å². The van der Waals surface area contributed by atoms with E-state index in [-0.39, 0.29) is 11.2 Å². The van der Waals surface area contributed by atoms with Gasteiger partial charge < -0.3 is 0 Å². The second-order valence-electron chi connectivity index (χ2n) is 5.90. The van der Waals surface area contributed by atoms with Crippen LogP contribution in [0.25, 0.3) is 21.7 Å². The predicted octanol–water partition coefficient (Wildman–Crippen LogP) is 5.21. The average molecular weight is 267 g/mol. The van der Waals surface area contributed by atoms with Gasteiger partial charge in [0.1, 0.15) is 5.82 Å². The standard InChI is InChI=1S/C18H18FN/c1-4-18(2,3)17-14-8-6-5-7-13(14)15-11-12(19)9-10-16(15)20-17/h5-11H,4H2,1-3H3. The Bertz CT molecular complexity index is 790. The Morgan fingerprint density at radius 1 is 1.00 bits per heavy atom. The van der Waals surface area contributed by atoms with Crippen LogP contribution in [0, 0.1) is 5.82 Å². The summed E-state index contributed by atoms with van der Waals surface area (Å²) in [5, 5.41) is 3.09. The molecule has 0 fully saturated rings. The highest BCUT2D eigenvalue weighted by atomic mass is 19.1. The van der Waals surface area contributed by atoms with Crippen LogP contribution < -0.4 is 0 Å². The molecule has 2 heteroatoms. The zero-order valence-corrected chi connectivity index (χ0v) is 12.1. The van der Waals surface area contributed by atoms with Crippen LogP contribution in [0.5, 0.6) is 0 Å². The topological polar surface area (TPSA) is 12.9 Å². The quantitative estimate of drug-likeness (QED) is 0.580. The first-order chi connectivity index (χ1) is 9.53. The molecule has 20 heavy (non-hydrogen) atoms. The summed E-state index contributed by atoms with van der Waals surface area (Å²) in [5.74, 6) is -0.216. The normalized spacial score (nSPS) is 12.2. The number of pyridine rings is 1. The Morgan fingerprint density at radius 3 is 2.40 bits per heavy atom. The van der Waals surface area contributed by atoms with E-state index in [2.05, 4.69) is 26.8 Å². The van der Waals surface area contributed by atoms with Gasteiger partial charge in [-0.25, -0.2) is 4.39 Å². The van der Waals surface area contributed by atoms with Gasteiger partial charge in [-0.1, -0.05) is 45.0 Å². The lowest BCUT2D eigenvalue weighted by Crippen LogP contribution is -2.18. The van der Waals surface area contributed by atoms with Crippen LogP contribution in [0.2, 0.25) is 0 Å². The van der Waals surface area contributed by atoms with E-state index < -0.39 is 0 Å². The second-order valence-corrected chi connectivity index (χ2v) is 5.90. The highest BCUT2D eigenvalue weighted by molar-refractivity contribution is 6.06. The predicted molar refractivity (Wildman–Crippen MR) is 82.5 cm³/mol. The minimum Gasteiger partial charge on any atom is -0.252 e. The van der Waals surface area contributed by atoms with E-state index in [1.54, 1.807) is 12.1 Å². The Balaban J connectivity index is 2.49. The zero-order valence-electron chi connectivity index (χ0n) is 12.1. The van der Waals surface area contributed by atoms with Crippen molar-refractivity contribution in [1.82, 2.24) is 4.98 Å². The van der Waals surface area contributed by atoms with Gasteiger partial charge in [-0.2, -0.15) is 0 Å². The molecule has 1 nitrogen and oxygen atoms in total. The molecule has 0 amide bonds. The van der Waals surface area contributed by atoms with Gasteiger partial charge in [-0.05, 0) is 30.0 Å². The van der Waals surface area contributed by atoms with Gasteiger partial charge in [-0.15, -0.1) is 0 Å². The lowest BCUT2D eigenvalue weighted by molar-refractivity contribution is 0.497. The number of rotatable bonds is 2. The zero-order chi connectivity index (χ0) is 14.3. The van der Waals surface area contributed by atoms with Crippen molar-refractivity contribution in [3.05, 3.63) is 54.0 Å². The lowest BCUT2D eigenvalue weighted by atomic mass is 9.83. The van der Waals surface area contributed by atoms with Crippen molar-refractivity contribution in [3.8, 4) is 0 Å². The van der Waals surface area contributed by atoms with Crippen molar-refractivity contribution in [1.29, 1.82) is 0 Å². The number of hydrogen-bond donors (Lipinski definition) is 0. The Labute approximate surface area is 118 Å². The molecule has 0 aliphatic heterocycles. The van der Waals surface area contributed by atoms with E-state index in [9.17, 15) is 4.39 Å². The average Bonchev–Trinajstić information content (AvgIpc) is 2.46. The molecule has 3 rings (SSSR count). The van der Waals surface area contributed by atoms with Gasteiger partial charge in [0.15, 0.2) is 0 Å². The van der Waals surface area contributed by atoms with Crippen molar-refractivity contribution < 1.29 is 4.39 Å². The van der Waals surface area contributed by atoms with Crippen molar-refractivity contribution in [2.45, 2.75) is 32.6 Å². The van der Waals surface area contributed by atoms with E-state index in [1.807, 2.05) is 18.2 Å². The molecule has 1 heterocycles. The fraction of sp³-hybridized carbons (Fsp3) is 0.278. The largest absolute Gasteiger partial charge is 0.252 e. The molecule has 0 aliphatic carbocycles. The fourth-order valence-corrected chi connectivity index (χ4v) is 2.61. The fourth-order valence-electron chi connectivity index (χ4n) is 2.61. The maximum atomic E-state index is 13.5. The summed E-state index contributed by atoms with van der Waals surface area (Å²) in [5.41, 5.74) is 1.96. The molecule has 0 aliphatic rings. The van der Waals surface area contributed by atoms with Gasteiger partial charge in [0.2, 0.25) is 0 Å². The summed E-state index contributed by atoms with van der Waals surface area (Å²) in [6.45, 7) is 6.58. The van der Waals surface area contributed by atoms with E-state index in [0.717, 1.165) is 33.8 Å². The Kier molecular flexibility index (Phi) is 2.97. The first kappa shape index (κ1) is 13.0. The SMILES string of the molecule is CCC(C)(C)c1nc2ccc(F)cc2c2ccccc12. The van der Waals surface area contributed by atoms with Crippen LogP contribution in [-0.2, 0) is 5.41 Å². The van der Waals surface area contributed by atoms with E-state index in [0.29, 0.717) is 0 Å². The first-order valence-electron chi connectivity index (χ1n) is 7.01. The number of aromatic nitrogens is 1. The van der Waals surface area contributed by atoms with Gasteiger partial charge in [-0.3, -0.25) is 4.98 Å². The monoisotopic (exact) mass is 267 g/mol. The Hall–Kier alpha value is -1.96. The maximum Gasteiger partial charge on any atom is 0.123 e. The second kappa shape index (κ2) is 4.55. The van der Waals surface area contributed by atoms with Crippen LogP contribution >= 0.6 is 0 Å². The molecule has 0 spiro atoms. The number of benzene rings is 2. The summed E-state index contributed by atoms with van der Waals surface area (Å²) in [6, 6.07) is 13.0. The maximum absolute atomic E-state index is 13.5. The molecule has 0 radical (unpaired) electrons. The molecule has 0 saturated carbocycles. The van der Waals surface area contributed by atoms with Crippen LogP contribution in [0.15, 0.2) is 42.5 Å². The van der Waals surface area contributed by atoms with Crippen molar-refractivity contribution in [2.24, 2.45) is 0 Å². The van der Waals surface area contributed by atoms with Gasteiger partial charge in [0.25, 0.3) is 0 Å². The molecule has 0 unspecified atom stereocenters. The highest BCUT2D eigenvalue weighted by Crippen LogP contribution is 2.35. The molecular weight excluding hydrogens is 249 g/mol. The summed E-state index contributed by atoms with van der Waals surface area (Å²) in [6.07, 6.45) is 1.01. The van der Waals surface area contributed by atoms with E-state index in [4.69, 9.17) is 4.98 Å². The summed E-state index contributed by atoms with van der Waals surface area (Å²) < 4.78 is 13.5. The number of fused-ring (bicyclic) bond motifs is 3. The van der Waals surface area contributed by atoms with Crippen molar-refractivity contribution >= 4 is 21.7 Å². The minimum absolute atomic E-state index is 0.00216. The third kappa shape index (κ3) is 1.96. The van der Waals surface area contributed by atoms with Crippen LogP contribution in [-0.4, -0.2) is 4.98 Å². The molecule has 0 N–H and O–H groups in total. The molecular formula is C18H18FN. The van der Waals surface area contributed by atoms with Gasteiger partial charge in [0.05, 0.1) is 11.2 Å². The lowest BCUT2D eigenvalue weighted by Gasteiger charge is -2.24. The molecule has 0 atom stereocenters. The van der Waals surface area contributed by atoms with Crippen molar-refractivity contribution in [2.75, 3.05) is 0 Å². The number of hydrogen-bond acceptors (Lipinski definition) is 1. The summed E-state index contributed by atoms with van der Waals surface area (Å²) >= 11 is 0. The Morgan fingerprint density at radius 2 is 1.70 bits per heavy atom. The number of nitrogens with zero attached hydrogens (tertiary/aromatic N) is 1. The molecule has 0 bridgehead atoms. The molecule has 102 valence electrons. The molecule has 0 saturated heterocycles. The third-order valence-electron chi connectivity index (χ3n) is 4.19. The van der Waals surface area contributed by atoms with E-state index in [1.165, 1.54) is 6.07 Å². The minimum atomic E-state index is -0.216. The molecule has 2 aromatic carbocycles. The first-order valence-corrected chi connectivity index (χ1v) is 7.01. The van der Waals surface area contributed by atoms with Crippen molar-refractivity contribution in [3.63, 3.8) is 0 Å². The molecule has 1 aromatic heterocycles. The van der Waals surface area contributed by atoms with Crippen LogP contribution in [0.4, 0.5) is 4.39 Å². The summed E-state index contributed by atoms with van der Waals surface area (Å²) in [4.78, 5) is 4.82. The van der Waals surface area contributed by atoms with E-state index >= 15 is 0 Å². The number of halogens is 1. The van der Waals surface area contributed by atoms with Crippen LogP contribution in [0.1, 0.15) is 32.9 Å². The van der Waals surface area contributed by atoms with Gasteiger partial charge >= 0.3 is 0 Å². The summed E-state index contributed by atoms with van der Waals surface area (Å²) in [7, 11) is 0. The third-order valence-corrected chi connectivity index (χ3v) is 4.19.